The molecule has 2 rings (SSSR count). The zero-order chi connectivity index (χ0) is 15.7. The van der Waals surface area contributed by atoms with Crippen LogP contribution in [0.2, 0.25) is 0 Å². The maximum atomic E-state index is 5.83. The average Bonchev–Trinajstić information content (AvgIpc) is 2.91. The Hall–Kier alpha value is -0.570. The number of halogens is 4. The number of allylic oxidation sites excluding steroid dienone is 2. The van der Waals surface area contributed by atoms with E-state index in [0.29, 0.717) is 17.3 Å². The normalized spacial score (nSPS) is 12.2. The van der Waals surface area contributed by atoms with Gasteiger partial charge in [-0.3, -0.25) is 0 Å². The van der Waals surface area contributed by atoms with E-state index in [2.05, 4.69) is 92.2 Å². The molecule has 0 fully saturated rings. The van der Waals surface area contributed by atoms with Crippen LogP contribution in [-0.2, 0) is 0 Å². The second-order valence-corrected chi connectivity index (χ2v) is 7.14. The molecule has 8 heteroatoms. The average molecular weight is 542 g/mol. The number of aromatic nitrogens is 2. The van der Waals surface area contributed by atoms with Crippen LogP contribution in [0.1, 0.15) is 0 Å². The van der Waals surface area contributed by atoms with E-state index in [1.807, 2.05) is 0 Å². The Morgan fingerprint density at radius 3 is 2.24 bits per heavy atom. The van der Waals surface area contributed by atoms with Gasteiger partial charge < -0.3 is 16.0 Å². The quantitative estimate of drug-likeness (QED) is 0.269. The molecule has 0 atom stereocenters. The summed E-state index contributed by atoms with van der Waals surface area (Å²) in [5.74, 6) is 0.552. The SMILES string of the molecule is C=C/C(N)=C(\C=C)Nc1nc2c(Br)c(Br)c(Br)c(Br)c2[nH]1. The van der Waals surface area contributed by atoms with Crippen molar-refractivity contribution in [3.05, 3.63) is 54.6 Å². The number of aromatic amines is 1. The van der Waals surface area contributed by atoms with Gasteiger partial charge in [-0.2, -0.15) is 0 Å². The monoisotopic (exact) mass is 538 g/mol. The minimum absolute atomic E-state index is 0.492. The maximum absolute atomic E-state index is 5.83. The van der Waals surface area contributed by atoms with Crippen LogP contribution in [0, 0.1) is 0 Å². The predicted octanol–water partition coefficient (Wildman–Crippen LogP) is 5.57. The summed E-state index contributed by atoms with van der Waals surface area (Å²) in [7, 11) is 0. The first-order valence-electron chi connectivity index (χ1n) is 5.64. The Labute approximate surface area is 155 Å². The Bertz CT molecular complexity index is 731. The van der Waals surface area contributed by atoms with Gasteiger partial charge in [0.05, 0.1) is 25.9 Å². The van der Waals surface area contributed by atoms with E-state index in [-0.39, 0.29) is 0 Å². The molecule has 0 saturated carbocycles. The van der Waals surface area contributed by atoms with Gasteiger partial charge in [0.2, 0.25) is 5.95 Å². The Morgan fingerprint density at radius 2 is 1.67 bits per heavy atom. The van der Waals surface area contributed by atoms with Crippen molar-refractivity contribution in [3.63, 3.8) is 0 Å². The molecule has 0 aliphatic carbocycles. The fraction of sp³-hybridized carbons (Fsp3) is 0. The lowest BCUT2D eigenvalue weighted by Crippen LogP contribution is -2.06. The Balaban J connectivity index is 2.59. The highest BCUT2D eigenvalue weighted by Gasteiger charge is 2.17. The number of nitrogens with zero attached hydrogens (tertiary/aromatic N) is 1. The van der Waals surface area contributed by atoms with Gasteiger partial charge in [-0.1, -0.05) is 13.2 Å². The van der Waals surface area contributed by atoms with Gasteiger partial charge in [0, 0.05) is 8.95 Å². The first-order chi connectivity index (χ1) is 9.90. The minimum Gasteiger partial charge on any atom is -0.397 e. The molecule has 110 valence electrons. The number of fused-ring (bicyclic) bond motifs is 1. The molecule has 4 nitrogen and oxygen atoms in total. The third-order valence-electron chi connectivity index (χ3n) is 2.70. The van der Waals surface area contributed by atoms with Gasteiger partial charge in [-0.05, 0) is 75.9 Å². The lowest BCUT2D eigenvalue weighted by atomic mass is 10.3. The number of imidazole rings is 1. The molecule has 0 unspecified atom stereocenters. The van der Waals surface area contributed by atoms with Crippen molar-refractivity contribution in [1.29, 1.82) is 0 Å². The summed E-state index contributed by atoms with van der Waals surface area (Å²) in [6.07, 6.45) is 3.16. The largest absolute Gasteiger partial charge is 0.397 e. The number of hydrogen-bond acceptors (Lipinski definition) is 3. The molecular weight excluding hydrogens is 532 g/mol. The molecule has 2 aromatic rings. The second-order valence-electron chi connectivity index (χ2n) is 3.97. The molecule has 1 aromatic carbocycles. The molecule has 0 bridgehead atoms. The number of rotatable bonds is 4. The van der Waals surface area contributed by atoms with Crippen LogP contribution in [0.4, 0.5) is 5.95 Å². The van der Waals surface area contributed by atoms with Crippen molar-refractivity contribution < 1.29 is 0 Å². The van der Waals surface area contributed by atoms with Gasteiger partial charge in [-0.15, -0.1) is 0 Å². The van der Waals surface area contributed by atoms with Crippen LogP contribution in [0.5, 0.6) is 0 Å². The summed E-state index contributed by atoms with van der Waals surface area (Å²) in [6, 6.07) is 0. The van der Waals surface area contributed by atoms with Crippen molar-refractivity contribution in [2.75, 3.05) is 5.32 Å². The molecule has 0 aliphatic rings. The van der Waals surface area contributed by atoms with Crippen molar-refractivity contribution >= 4 is 80.7 Å². The van der Waals surface area contributed by atoms with Gasteiger partial charge in [0.1, 0.15) is 5.52 Å². The van der Waals surface area contributed by atoms with E-state index in [1.54, 1.807) is 12.2 Å². The molecule has 1 heterocycles. The lowest BCUT2D eigenvalue weighted by molar-refractivity contribution is 1.24. The Morgan fingerprint density at radius 1 is 1.05 bits per heavy atom. The van der Waals surface area contributed by atoms with E-state index < -0.39 is 0 Å². The highest BCUT2D eigenvalue weighted by molar-refractivity contribution is 9.15. The number of H-pyrrole nitrogens is 1. The lowest BCUT2D eigenvalue weighted by Gasteiger charge is -2.05. The molecule has 0 spiro atoms. The van der Waals surface area contributed by atoms with Crippen molar-refractivity contribution in [3.8, 4) is 0 Å². The summed E-state index contributed by atoms with van der Waals surface area (Å²) in [4.78, 5) is 7.71. The topological polar surface area (TPSA) is 66.7 Å². The van der Waals surface area contributed by atoms with E-state index in [0.717, 1.165) is 28.9 Å². The molecule has 21 heavy (non-hydrogen) atoms. The van der Waals surface area contributed by atoms with Gasteiger partial charge in [-0.25, -0.2) is 4.98 Å². The predicted molar refractivity (Wildman–Crippen MR) is 102 cm³/mol. The number of benzene rings is 1. The van der Waals surface area contributed by atoms with Crippen molar-refractivity contribution in [2.45, 2.75) is 0 Å². The molecule has 0 radical (unpaired) electrons. The van der Waals surface area contributed by atoms with E-state index >= 15 is 0 Å². The number of nitrogens with two attached hydrogens (primary N) is 1. The highest BCUT2D eigenvalue weighted by Crippen LogP contribution is 2.42. The minimum atomic E-state index is 0.492. The molecular formula is C13H10Br4N4. The molecule has 4 N–H and O–H groups in total. The van der Waals surface area contributed by atoms with Gasteiger partial charge in [0.25, 0.3) is 0 Å². The third kappa shape index (κ3) is 3.13. The smallest absolute Gasteiger partial charge is 0.205 e. The van der Waals surface area contributed by atoms with E-state index in [9.17, 15) is 0 Å². The van der Waals surface area contributed by atoms with Crippen LogP contribution in [0.25, 0.3) is 11.0 Å². The summed E-state index contributed by atoms with van der Waals surface area (Å²) < 4.78 is 3.49. The third-order valence-corrected chi connectivity index (χ3v) is 7.44. The number of anilines is 1. The first kappa shape index (κ1) is 16.8. The summed E-state index contributed by atoms with van der Waals surface area (Å²) in [5, 5.41) is 3.09. The fourth-order valence-corrected chi connectivity index (χ4v) is 3.92. The Kier molecular flexibility index (Phi) is 5.34. The fourth-order valence-electron chi connectivity index (χ4n) is 1.64. The number of nitrogens with one attached hydrogen (secondary N) is 2. The van der Waals surface area contributed by atoms with Crippen molar-refractivity contribution in [2.24, 2.45) is 5.73 Å². The molecule has 0 amide bonds. The molecule has 0 aliphatic heterocycles. The first-order valence-corrected chi connectivity index (χ1v) is 8.81. The highest BCUT2D eigenvalue weighted by atomic mass is 79.9. The van der Waals surface area contributed by atoms with Crippen LogP contribution in [-0.4, -0.2) is 9.97 Å². The summed E-state index contributed by atoms with van der Waals surface area (Å²) in [6.45, 7) is 7.36. The van der Waals surface area contributed by atoms with E-state index in [4.69, 9.17) is 5.73 Å². The number of hydrogen-bond donors (Lipinski definition) is 3. The van der Waals surface area contributed by atoms with Gasteiger partial charge in [0.15, 0.2) is 0 Å². The van der Waals surface area contributed by atoms with Crippen molar-refractivity contribution in [1.82, 2.24) is 9.97 Å². The second kappa shape index (κ2) is 6.68. The zero-order valence-corrected chi connectivity index (χ0v) is 16.9. The van der Waals surface area contributed by atoms with E-state index in [1.165, 1.54) is 0 Å². The maximum Gasteiger partial charge on any atom is 0.205 e. The van der Waals surface area contributed by atoms with Crippen LogP contribution in [0.15, 0.2) is 54.6 Å². The summed E-state index contributed by atoms with van der Waals surface area (Å²) >= 11 is 14.1. The van der Waals surface area contributed by atoms with Crippen LogP contribution < -0.4 is 11.1 Å². The standard InChI is InChI=1S/C13H10Br4N4/c1-3-5(18)6(4-2)19-13-20-11-9(16)7(14)8(15)10(17)12(11)21-13/h3-4H,1-2,18H2,(H2,19,20,21)/b6-5-. The van der Waals surface area contributed by atoms with Crippen LogP contribution >= 0.6 is 63.7 Å². The molecule has 1 aromatic heterocycles. The van der Waals surface area contributed by atoms with Crippen LogP contribution in [0.3, 0.4) is 0 Å². The molecule has 0 saturated heterocycles. The van der Waals surface area contributed by atoms with Gasteiger partial charge >= 0.3 is 0 Å². The summed E-state index contributed by atoms with van der Waals surface area (Å²) in [5.41, 5.74) is 8.58. The zero-order valence-electron chi connectivity index (χ0n) is 10.6.